The van der Waals surface area contributed by atoms with E-state index < -0.39 is 11.9 Å². The normalized spacial score (nSPS) is 30.3. The van der Waals surface area contributed by atoms with E-state index in [1.165, 1.54) is 0 Å². The number of rotatable bonds is 6. The van der Waals surface area contributed by atoms with Crippen molar-refractivity contribution in [3.8, 4) is 0 Å². The van der Waals surface area contributed by atoms with Crippen LogP contribution in [-0.4, -0.2) is 48.2 Å². The molecule has 3 unspecified atom stereocenters. The Morgan fingerprint density at radius 3 is 2.42 bits per heavy atom. The van der Waals surface area contributed by atoms with Gasteiger partial charge in [-0.1, -0.05) is 6.92 Å². The van der Waals surface area contributed by atoms with Crippen molar-refractivity contribution in [3.05, 3.63) is 0 Å². The molecule has 108 valence electrons. The first kappa shape index (κ1) is 14.3. The van der Waals surface area contributed by atoms with E-state index in [0.29, 0.717) is 38.0 Å². The second-order valence-electron chi connectivity index (χ2n) is 5.88. The van der Waals surface area contributed by atoms with E-state index in [9.17, 15) is 14.7 Å². The third-order valence-corrected chi connectivity index (χ3v) is 4.24. The standard InChI is InChI=1S/C14H23NO4/c1-9-7-11(12(8-9)14(17)18)13(16)15(5-6-19-2)10-3-4-10/h9-12H,3-8H2,1-2H3,(H,17,18). The highest BCUT2D eigenvalue weighted by Crippen LogP contribution is 2.39. The Morgan fingerprint density at radius 2 is 1.89 bits per heavy atom. The number of aliphatic carboxylic acids is 1. The van der Waals surface area contributed by atoms with Gasteiger partial charge < -0.3 is 14.7 Å². The molecule has 2 aliphatic carbocycles. The molecule has 0 radical (unpaired) electrons. The molecule has 19 heavy (non-hydrogen) atoms. The van der Waals surface area contributed by atoms with Gasteiger partial charge in [0.1, 0.15) is 0 Å². The average Bonchev–Trinajstić information content (AvgIpc) is 3.11. The molecule has 0 aromatic heterocycles. The number of nitrogens with zero attached hydrogens (tertiary/aromatic N) is 1. The molecule has 0 heterocycles. The van der Waals surface area contributed by atoms with Gasteiger partial charge in [0.25, 0.3) is 0 Å². The average molecular weight is 269 g/mol. The summed E-state index contributed by atoms with van der Waals surface area (Å²) in [7, 11) is 1.62. The number of carbonyl (C=O) groups is 2. The first-order valence-electron chi connectivity index (χ1n) is 7.06. The molecule has 2 rings (SSSR count). The molecule has 0 spiro atoms. The van der Waals surface area contributed by atoms with Crippen LogP contribution in [0.25, 0.3) is 0 Å². The van der Waals surface area contributed by atoms with Crippen molar-refractivity contribution in [2.45, 2.75) is 38.6 Å². The molecule has 0 bridgehead atoms. The van der Waals surface area contributed by atoms with Gasteiger partial charge in [0.15, 0.2) is 0 Å². The summed E-state index contributed by atoms with van der Waals surface area (Å²) in [6, 6.07) is 0.313. The smallest absolute Gasteiger partial charge is 0.307 e. The van der Waals surface area contributed by atoms with Gasteiger partial charge in [0.05, 0.1) is 18.4 Å². The van der Waals surface area contributed by atoms with E-state index in [4.69, 9.17) is 4.74 Å². The van der Waals surface area contributed by atoms with Gasteiger partial charge >= 0.3 is 5.97 Å². The largest absolute Gasteiger partial charge is 0.481 e. The molecule has 5 heteroatoms. The highest BCUT2D eigenvalue weighted by atomic mass is 16.5. The third kappa shape index (κ3) is 3.26. The molecular formula is C14H23NO4. The molecule has 0 aromatic rings. The fraction of sp³-hybridized carbons (Fsp3) is 0.857. The first-order valence-corrected chi connectivity index (χ1v) is 7.06. The number of hydrogen-bond acceptors (Lipinski definition) is 3. The Morgan fingerprint density at radius 1 is 1.26 bits per heavy atom. The van der Waals surface area contributed by atoms with Crippen LogP contribution in [0.4, 0.5) is 0 Å². The quantitative estimate of drug-likeness (QED) is 0.791. The predicted molar refractivity (Wildman–Crippen MR) is 69.6 cm³/mol. The van der Waals surface area contributed by atoms with Crippen LogP contribution in [0.5, 0.6) is 0 Å². The molecule has 5 nitrogen and oxygen atoms in total. The summed E-state index contributed by atoms with van der Waals surface area (Å²) >= 11 is 0. The summed E-state index contributed by atoms with van der Waals surface area (Å²) in [6.45, 7) is 3.12. The van der Waals surface area contributed by atoms with Gasteiger partial charge in [-0.3, -0.25) is 9.59 Å². The Bertz CT molecular complexity index is 353. The van der Waals surface area contributed by atoms with E-state index in [2.05, 4.69) is 0 Å². The minimum absolute atomic E-state index is 0.0244. The van der Waals surface area contributed by atoms with Gasteiger partial charge in [-0.05, 0) is 31.6 Å². The lowest BCUT2D eigenvalue weighted by Gasteiger charge is -2.27. The molecule has 0 aromatic carbocycles. The molecule has 0 aliphatic heterocycles. The van der Waals surface area contributed by atoms with Crippen molar-refractivity contribution in [1.82, 2.24) is 4.90 Å². The zero-order chi connectivity index (χ0) is 14.0. The predicted octanol–water partition coefficient (Wildman–Crippen LogP) is 1.37. The number of carbonyl (C=O) groups excluding carboxylic acids is 1. The molecular weight excluding hydrogens is 246 g/mol. The third-order valence-electron chi connectivity index (χ3n) is 4.24. The number of ether oxygens (including phenoxy) is 1. The van der Waals surface area contributed by atoms with Crippen molar-refractivity contribution < 1.29 is 19.4 Å². The maximum absolute atomic E-state index is 12.6. The second kappa shape index (κ2) is 5.90. The summed E-state index contributed by atoms with van der Waals surface area (Å²) in [5.74, 6) is -1.34. The summed E-state index contributed by atoms with van der Waals surface area (Å²) in [4.78, 5) is 25.7. The molecule has 1 N–H and O–H groups in total. The van der Waals surface area contributed by atoms with Crippen molar-refractivity contribution in [1.29, 1.82) is 0 Å². The van der Waals surface area contributed by atoms with Gasteiger partial charge in [-0.25, -0.2) is 0 Å². The van der Waals surface area contributed by atoms with Crippen molar-refractivity contribution in [2.75, 3.05) is 20.3 Å². The summed E-state index contributed by atoms with van der Waals surface area (Å²) in [5, 5.41) is 9.27. The van der Waals surface area contributed by atoms with Crippen molar-refractivity contribution in [2.24, 2.45) is 17.8 Å². The Hall–Kier alpha value is -1.10. The molecule has 0 saturated heterocycles. The first-order chi connectivity index (χ1) is 9.04. The lowest BCUT2D eigenvalue weighted by Crippen LogP contribution is -2.42. The maximum Gasteiger partial charge on any atom is 0.307 e. The van der Waals surface area contributed by atoms with Gasteiger partial charge in [0, 0.05) is 19.7 Å². The van der Waals surface area contributed by atoms with Crippen LogP contribution in [0.2, 0.25) is 0 Å². The van der Waals surface area contributed by atoms with E-state index in [1.54, 1.807) is 7.11 Å². The Balaban J connectivity index is 2.05. The molecule has 1 amide bonds. The van der Waals surface area contributed by atoms with Crippen LogP contribution in [0, 0.1) is 17.8 Å². The van der Waals surface area contributed by atoms with Crippen molar-refractivity contribution in [3.63, 3.8) is 0 Å². The highest BCUT2D eigenvalue weighted by molar-refractivity contribution is 5.85. The van der Waals surface area contributed by atoms with Crippen LogP contribution >= 0.6 is 0 Å². The summed E-state index contributed by atoms with van der Waals surface area (Å²) in [5.41, 5.74) is 0. The van der Waals surface area contributed by atoms with Crippen LogP contribution in [0.1, 0.15) is 32.6 Å². The van der Waals surface area contributed by atoms with Gasteiger partial charge in [-0.15, -0.1) is 0 Å². The van der Waals surface area contributed by atoms with Crippen LogP contribution in [-0.2, 0) is 14.3 Å². The fourth-order valence-corrected chi connectivity index (χ4v) is 3.10. The fourth-order valence-electron chi connectivity index (χ4n) is 3.10. The highest BCUT2D eigenvalue weighted by Gasteiger charge is 2.45. The zero-order valence-electron chi connectivity index (χ0n) is 11.7. The number of amides is 1. The lowest BCUT2D eigenvalue weighted by atomic mass is 9.94. The SMILES string of the molecule is COCCN(C(=O)C1CC(C)CC1C(=O)O)C1CC1. The van der Waals surface area contributed by atoms with E-state index in [0.717, 1.165) is 12.8 Å². The van der Waals surface area contributed by atoms with Gasteiger partial charge in [-0.2, -0.15) is 0 Å². The van der Waals surface area contributed by atoms with Crippen LogP contribution in [0.3, 0.4) is 0 Å². The topological polar surface area (TPSA) is 66.8 Å². The summed E-state index contributed by atoms with van der Waals surface area (Å²) < 4.78 is 5.05. The maximum atomic E-state index is 12.6. The Labute approximate surface area is 113 Å². The second-order valence-corrected chi connectivity index (χ2v) is 5.88. The molecule has 3 atom stereocenters. The van der Waals surface area contributed by atoms with Crippen molar-refractivity contribution >= 4 is 11.9 Å². The minimum Gasteiger partial charge on any atom is -0.481 e. The molecule has 2 fully saturated rings. The monoisotopic (exact) mass is 269 g/mol. The molecule has 2 saturated carbocycles. The van der Waals surface area contributed by atoms with Crippen LogP contribution in [0.15, 0.2) is 0 Å². The lowest BCUT2D eigenvalue weighted by molar-refractivity contribution is -0.149. The van der Waals surface area contributed by atoms with E-state index in [1.807, 2.05) is 11.8 Å². The van der Waals surface area contributed by atoms with E-state index >= 15 is 0 Å². The number of methoxy groups -OCH3 is 1. The summed E-state index contributed by atoms with van der Waals surface area (Å²) in [6.07, 6.45) is 3.39. The number of hydrogen-bond donors (Lipinski definition) is 1. The van der Waals surface area contributed by atoms with Crippen LogP contribution < -0.4 is 0 Å². The van der Waals surface area contributed by atoms with Gasteiger partial charge in [0.2, 0.25) is 5.91 Å². The number of carboxylic acids is 1. The number of carboxylic acid groups (broad SMARTS) is 1. The Kier molecular flexibility index (Phi) is 4.45. The minimum atomic E-state index is -0.829. The van der Waals surface area contributed by atoms with E-state index in [-0.39, 0.29) is 11.8 Å². The zero-order valence-corrected chi connectivity index (χ0v) is 11.7. The molecule has 2 aliphatic rings.